The van der Waals surface area contributed by atoms with E-state index in [1.807, 2.05) is 35.2 Å². The lowest BCUT2D eigenvalue weighted by Crippen LogP contribution is -2.33. The molecule has 1 aliphatic heterocycles. The summed E-state index contributed by atoms with van der Waals surface area (Å²) in [5.74, 6) is 1.17. The molecule has 0 spiro atoms. The zero-order valence-electron chi connectivity index (χ0n) is 16.0. The van der Waals surface area contributed by atoms with Gasteiger partial charge in [0.1, 0.15) is 11.6 Å². The Balaban J connectivity index is 1.55. The minimum absolute atomic E-state index is 0.218. The molecular formula is C23H19FNO4+. The van der Waals surface area contributed by atoms with Crippen molar-refractivity contribution < 1.29 is 28.0 Å². The lowest BCUT2D eigenvalue weighted by atomic mass is 10.1. The maximum atomic E-state index is 13.8. The maximum absolute atomic E-state index is 13.8. The number of benzene rings is 2. The van der Waals surface area contributed by atoms with Crippen LogP contribution in [-0.4, -0.2) is 20.0 Å². The van der Waals surface area contributed by atoms with E-state index in [9.17, 15) is 9.18 Å². The van der Waals surface area contributed by atoms with E-state index in [0.717, 1.165) is 5.56 Å². The summed E-state index contributed by atoms with van der Waals surface area (Å²) >= 11 is 0. The molecule has 0 N–H and O–H groups in total. The molecule has 0 unspecified atom stereocenters. The Morgan fingerprint density at radius 2 is 1.72 bits per heavy atom. The van der Waals surface area contributed by atoms with Crippen LogP contribution in [0, 0.1) is 5.82 Å². The van der Waals surface area contributed by atoms with E-state index in [1.54, 1.807) is 30.3 Å². The number of hydrogen-bond donors (Lipinski definition) is 0. The van der Waals surface area contributed by atoms with Crippen molar-refractivity contribution in [2.45, 2.75) is 6.54 Å². The fourth-order valence-corrected chi connectivity index (χ4v) is 3.16. The number of carbonyl (C=O) groups excluding carboxylic acids is 1. The molecule has 4 rings (SSSR count). The first kappa shape index (κ1) is 18.7. The number of ether oxygens (including phenoxy) is 3. The van der Waals surface area contributed by atoms with E-state index in [-0.39, 0.29) is 17.4 Å². The fraction of sp³-hybridized carbons (Fsp3) is 0.130. The molecule has 0 radical (unpaired) electrons. The van der Waals surface area contributed by atoms with Crippen molar-refractivity contribution in [3.8, 4) is 17.2 Å². The number of ketones is 1. The van der Waals surface area contributed by atoms with Crippen LogP contribution in [0.1, 0.15) is 21.5 Å². The highest BCUT2D eigenvalue weighted by Crippen LogP contribution is 2.40. The molecule has 1 aromatic heterocycles. The van der Waals surface area contributed by atoms with E-state index in [4.69, 9.17) is 14.2 Å². The van der Waals surface area contributed by atoms with Crippen molar-refractivity contribution in [3.63, 3.8) is 0 Å². The first-order valence-corrected chi connectivity index (χ1v) is 9.02. The van der Waals surface area contributed by atoms with Gasteiger partial charge in [-0.1, -0.05) is 12.1 Å². The minimum Gasteiger partial charge on any atom is -0.493 e. The van der Waals surface area contributed by atoms with Crippen molar-refractivity contribution in [2.24, 2.45) is 0 Å². The number of rotatable bonds is 5. The molecule has 0 aliphatic carbocycles. The van der Waals surface area contributed by atoms with Gasteiger partial charge in [-0.05, 0) is 29.8 Å². The zero-order chi connectivity index (χ0) is 20.4. The molecule has 2 heterocycles. The molecule has 0 saturated carbocycles. The monoisotopic (exact) mass is 392 g/mol. The van der Waals surface area contributed by atoms with Crippen molar-refractivity contribution in [1.82, 2.24) is 0 Å². The van der Waals surface area contributed by atoms with Crippen LogP contribution in [-0.2, 0) is 6.54 Å². The lowest BCUT2D eigenvalue weighted by Gasteiger charge is -2.08. The molecule has 29 heavy (non-hydrogen) atoms. The summed E-state index contributed by atoms with van der Waals surface area (Å²) < 4.78 is 31.9. The lowest BCUT2D eigenvalue weighted by molar-refractivity contribution is -0.688. The van der Waals surface area contributed by atoms with E-state index in [1.165, 1.54) is 20.3 Å². The zero-order valence-corrected chi connectivity index (χ0v) is 16.0. The largest absolute Gasteiger partial charge is 0.493 e. The summed E-state index contributed by atoms with van der Waals surface area (Å²) in [6, 6.07) is 13.6. The number of carbonyl (C=O) groups is 1. The SMILES string of the molecule is COc1cc2c(cc1OC)C(=O)/C(=C/c1cc[n+](Cc3ccccc3F)cc1)O2. The molecule has 146 valence electrons. The van der Waals surface area contributed by atoms with Crippen LogP contribution in [0.25, 0.3) is 6.08 Å². The van der Waals surface area contributed by atoms with Gasteiger partial charge in [0.2, 0.25) is 5.78 Å². The Morgan fingerprint density at radius 1 is 1.03 bits per heavy atom. The molecular weight excluding hydrogens is 373 g/mol. The van der Waals surface area contributed by atoms with Crippen molar-refractivity contribution in [2.75, 3.05) is 14.2 Å². The predicted molar refractivity (Wildman–Crippen MR) is 105 cm³/mol. The van der Waals surface area contributed by atoms with Gasteiger partial charge in [-0.3, -0.25) is 4.79 Å². The fourth-order valence-electron chi connectivity index (χ4n) is 3.16. The van der Waals surface area contributed by atoms with Crippen LogP contribution in [0.4, 0.5) is 4.39 Å². The Morgan fingerprint density at radius 3 is 2.41 bits per heavy atom. The van der Waals surface area contributed by atoms with Gasteiger partial charge in [0.05, 0.1) is 25.3 Å². The molecule has 0 amide bonds. The Labute approximate surface area is 167 Å². The van der Waals surface area contributed by atoms with Crippen LogP contribution in [0.15, 0.2) is 66.7 Å². The van der Waals surface area contributed by atoms with Gasteiger partial charge >= 0.3 is 0 Å². The van der Waals surface area contributed by atoms with Crippen LogP contribution >= 0.6 is 0 Å². The summed E-state index contributed by atoms with van der Waals surface area (Å²) in [5.41, 5.74) is 1.83. The van der Waals surface area contributed by atoms with E-state index >= 15 is 0 Å². The Kier molecular flexibility index (Phi) is 4.99. The van der Waals surface area contributed by atoms with Gasteiger partial charge in [-0.2, -0.15) is 0 Å². The third-order valence-corrected chi connectivity index (χ3v) is 4.70. The highest BCUT2D eigenvalue weighted by Gasteiger charge is 2.29. The molecule has 1 aliphatic rings. The van der Waals surface area contributed by atoms with Gasteiger partial charge in [-0.15, -0.1) is 0 Å². The summed E-state index contributed by atoms with van der Waals surface area (Å²) in [4.78, 5) is 12.7. The van der Waals surface area contributed by atoms with Crippen LogP contribution in [0.5, 0.6) is 17.2 Å². The number of hydrogen-bond acceptors (Lipinski definition) is 4. The summed E-state index contributed by atoms with van der Waals surface area (Å²) in [5, 5.41) is 0. The van der Waals surface area contributed by atoms with E-state index in [0.29, 0.717) is 34.9 Å². The smallest absolute Gasteiger partial charge is 0.232 e. The molecule has 6 heteroatoms. The number of allylic oxidation sites excluding steroid dienone is 1. The molecule has 0 fully saturated rings. The first-order chi connectivity index (χ1) is 14.1. The van der Waals surface area contributed by atoms with Gasteiger partial charge in [0.15, 0.2) is 36.2 Å². The number of nitrogens with zero attached hydrogens (tertiary/aromatic N) is 1. The highest BCUT2D eigenvalue weighted by molar-refractivity contribution is 6.14. The molecule has 2 aromatic carbocycles. The van der Waals surface area contributed by atoms with E-state index < -0.39 is 0 Å². The molecule has 0 saturated heterocycles. The average Bonchev–Trinajstić information content (AvgIpc) is 3.04. The summed E-state index contributed by atoms with van der Waals surface area (Å²) in [6.45, 7) is 0.421. The third kappa shape index (κ3) is 3.69. The van der Waals surface area contributed by atoms with Gasteiger partial charge in [0, 0.05) is 18.2 Å². The maximum Gasteiger partial charge on any atom is 0.232 e. The van der Waals surface area contributed by atoms with Gasteiger partial charge in [-0.25, -0.2) is 8.96 Å². The van der Waals surface area contributed by atoms with Gasteiger partial charge < -0.3 is 14.2 Å². The molecule has 5 nitrogen and oxygen atoms in total. The van der Waals surface area contributed by atoms with E-state index in [2.05, 4.69) is 0 Å². The van der Waals surface area contributed by atoms with Gasteiger partial charge in [0.25, 0.3) is 0 Å². The second-order valence-electron chi connectivity index (χ2n) is 6.54. The van der Waals surface area contributed by atoms with Crippen molar-refractivity contribution in [3.05, 3.63) is 89.2 Å². The first-order valence-electron chi connectivity index (χ1n) is 9.02. The van der Waals surface area contributed by atoms with Crippen LogP contribution < -0.4 is 18.8 Å². The van der Waals surface area contributed by atoms with Crippen LogP contribution in [0.2, 0.25) is 0 Å². The van der Waals surface area contributed by atoms with Crippen molar-refractivity contribution in [1.29, 1.82) is 0 Å². The summed E-state index contributed by atoms with van der Waals surface area (Å²) in [6.07, 6.45) is 5.34. The standard InChI is InChI=1S/C23H19FNO4/c1-27-20-12-17-19(13-21(20)28-2)29-22(23(17)26)11-15-7-9-25(10-8-15)14-16-5-3-4-6-18(16)24/h3-13H,14H2,1-2H3/q+1/b22-11-. The quantitative estimate of drug-likeness (QED) is 0.490. The number of aromatic nitrogens is 1. The Hall–Kier alpha value is -3.67. The molecule has 0 bridgehead atoms. The number of halogens is 1. The number of Topliss-reactive ketones (excluding diaryl/α,β-unsaturated/α-hetero) is 1. The predicted octanol–water partition coefficient (Wildman–Crippen LogP) is 3.79. The molecule has 0 atom stereocenters. The average molecular weight is 392 g/mol. The Bertz CT molecular complexity index is 1110. The normalized spacial score (nSPS) is 13.9. The number of fused-ring (bicyclic) bond motifs is 1. The topological polar surface area (TPSA) is 48.6 Å². The number of methoxy groups -OCH3 is 2. The third-order valence-electron chi connectivity index (χ3n) is 4.70. The minimum atomic E-state index is -0.236. The molecule has 3 aromatic rings. The van der Waals surface area contributed by atoms with Crippen LogP contribution in [0.3, 0.4) is 0 Å². The highest BCUT2D eigenvalue weighted by atomic mass is 19.1. The second-order valence-corrected chi connectivity index (χ2v) is 6.54. The summed E-state index contributed by atoms with van der Waals surface area (Å²) in [7, 11) is 3.04. The van der Waals surface area contributed by atoms with Crippen molar-refractivity contribution >= 4 is 11.9 Å². The number of pyridine rings is 1. The second kappa shape index (κ2) is 7.75.